The number of benzene rings is 2. The van der Waals surface area contributed by atoms with E-state index in [1.807, 2.05) is 0 Å². The third-order valence-corrected chi connectivity index (χ3v) is 2.98. The van der Waals surface area contributed by atoms with E-state index in [4.69, 9.17) is 9.84 Å². The van der Waals surface area contributed by atoms with Crippen LogP contribution in [0.1, 0.15) is 12.0 Å². The number of hydrogen-bond acceptors (Lipinski definition) is 2. The van der Waals surface area contributed by atoms with Crippen molar-refractivity contribution in [2.24, 2.45) is 0 Å². The maximum absolute atomic E-state index is 12.5. The molecule has 1 N–H and O–H groups in total. The SMILES string of the molecule is O=C(O)CCOc1ccc(-c2ccc(C(F)(F)F)cc2)cc1. The molecule has 0 aromatic heterocycles. The van der Waals surface area contributed by atoms with Gasteiger partial charge in [-0.1, -0.05) is 24.3 Å². The molecule has 6 heteroatoms. The zero-order valence-electron chi connectivity index (χ0n) is 11.4. The van der Waals surface area contributed by atoms with Crippen LogP contribution in [0.4, 0.5) is 13.2 Å². The summed E-state index contributed by atoms with van der Waals surface area (Å²) in [4.78, 5) is 10.4. The van der Waals surface area contributed by atoms with Gasteiger partial charge < -0.3 is 9.84 Å². The summed E-state index contributed by atoms with van der Waals surface area (Å²) >= 11 is 0. The van der Waals surface area contributed by atoms with Gasteiger partial charge in [0.1, 0.15) is 5.75 Å². The second-order valence-corrected chi connectivity index (χ2v) is 4.59. The van der Waals surface area contributed by atoms with Crippen LogP contribution in [-0.2, 0) is 11.0 Å². The van der Waals surface area contributed by atoms with Gasteiger partial charge in [0, 0.05) is 0 Å². The minimum atomic E-state index is -4.35. The molecule has 22 heavy (non-hydrogen) atoms. The highest BCUT2D eigenvalue weighted by Crippen LogP contribution is 2.31. The molecule has 0 aliphatic heterocycles. The van der Waals surface area contributed by atoms with E-state index in [1.165, 1.54) is 12.1 Å². The van der Waals surface area contributed by atoms with E-state index in [9.17, 15) is 18.0 Å². The quantitative estimate of drug-likeness (QED) is 0.899. The molecule has 0 amide bonds. The Kier molecular flexibility index (Phi) is 4.70. The van der Waals surface area contributed by atoms with Crippen LogP contribution in [0.3, 0.4) is 0 Å². The first-order valence-electron chi connectivity index (χ1n) is 6.48. The molecule has 2 aromatic rings. The third-order valence-electron chi connectivity index (χ3n) is 2.98. The van der Waals surface area contributed by atoms with Gasteiger partial charge in [-0.3, -0.25) is 4.79 Å². The van der Waals surface area contributed by atoms with Crippen molar-refractivity contribution in [2.75, 3.05) is 6.61 Å². The van der Waals surface area contributed by atoms with E-state index in [1.54, 1.807) is 24.3 Å². The number of rotatable bonds is 5. The summed E-state index contributed by atoms with van der Waals surface area (Å²) in [6, 6.07) is 11.6. The fourth-order valence-corrected chi connectivity index (χ4v) is 1.85. The van der Waals surface area contributed by atoms with Crippen LogP contribution in [0.15, 0.2) is 48.5 Å². The monoisotopic (exact) mass is 310 g/mol. The molecule has 3 nitrogen and oxygen atoms in total. The Morgan fingerprint density at radius 1 is 0.955 bits per heavy atom. The van der Waals surface area contributed by atoms with Crippen LogP contribution in [0.2, 0.25) is 0 Å². The van der Waals surface area contributed by atoms with Crippen molar-refractivity contribution in [3.05, 3.63) is 54.1 Å². The second kappa shape index (κ2) is 6.51. The number of ether oxygens (including phenoxy) is 1. The molecule has 0 spiro atoms. The second-order valence-electron chi connectivity index (χ2n) is 4.59. The third kappa shape index (κ3) is 4.25. The van der Waals surface area contributed by atoms with Crippen molar-refractivity contribution < 1.29 is 27.8 Å². The number of halogens is 3. The lowest BCUT2D eigenvalue weighted by Gasteiger charge is -2.09. The van der Waals surface area contributed by atoms with Crippen LogP contribution in [0.25, 0.3) is 11.1 Å². The Morgan fingerprint density at radius 3 is 1.91 bits per heavy atom. The van der Waals surface area contributed by atoms with Gasteiger partial charge in [-0.2, -0.15) is 13.2 Å². The fraction of sp³-hybridized carbons (Fsp3) is 0.188. The molecule has 0 bridgehead atoms. The molecule has 0 saturated carbocycles. The summed E-state index contributed by atoms with van der Waals surface area (Å²) in [6.45, 7) is 0.0644. The van der Waals surface area contributed by atoms with E-state index in [0.29, 0.717) is 11.3 Å². The predicted molar refractivity (Wildman–Crippen MR) is 74.6 cm³/mol. The molecule has 0 atom stereocenters. The van der Waals surface area contributed by atoms with Gasteiger partial charge in [0.05, 0.1) is 18.6 Å². The Morgan fingerprint density at radius 2 is 1.45 bits per heavy atom. The van der Waals surface area contributed by atoms with E-state index in [0.717, 1.165) is 17.7 Å². The van der Waals surface area contributed by atoms with Crippen LogP contribution in [0.5, 0.6) is 5.75 Å². The number of aliphatic carboxylic acids is 1. The molecule has 116 valence electrons. The average molecular weight is 310 g/mol. The lowest BCUT2D eigenvalue weighted by molar-refractivity contribution is -0.138. The first kappa shape index (κ1) is 15.9. The van der Waals surface area contributed by atoms with Crippen LogP contribution >= 0.6 is 0 Å². The normalized spacial score (nSPS) is 11.2. The van der Waals surface area contributed by atoms with Gasteiger partial charge in [0.25, 0.3) is 0 Å². The minimum absolute atomic E-state index is 0.0644. The lowest BCUT2D eigenvalue weighted by Crippen LogP contribution is -2.04. The molecule has 0 aliphatic carbocycles. The van der Waals surface area contributed by atoms with Gasteiger partial charge in [-0.05, 0) is 35.4 Å². The molecule has 0 fully saturated rings. The molecule has 0 radical (unpaired) electrons. The van der Waals surface area contributed by atoms with E-state index in [2.05, 4.69) is 0 Å². The number of carbonyl (C=O) groups is 1. The predicted octanol–water partition coefficient (Wildman–Crippen LogP) is 4.23. The van der Waals surface area contributed by atoms with Crippen molar-refractivity contribution in [3.8, 4) is 16.9 Å². The molecule has 0 unspecified atom stereocenters. The van der Waals surface area contributed by atoms with Gasteiger partial charge in [0.2, 0.25) is 0 Å². The summed E-state index contributed by atoms with van der Waals surface area (Å²) in [5, 5.41) is 8.50. The first-order valence-corrected chi connectivity index (χ1v) is 6.48. The van der Waals surface area contributed by atoms with Gasteiger partial charge in [0.15, 0.2) is 0 Å². The summed E-state index contributed by atoms with van der Waals surface area (Å²) in [7, 11) is 0. The fourth-order valence-electron chi connectivity index (χ4n) is 1.85. The Balaban J connectivity index is 2.05. The summed E-state index contributed by atoms with van der Waals surface area (Å²) < 4.78 is 42.7. The smallest absolute Gasteiger partial charge is 0.416 e. The molecular weight excluding hydrogens is 297 g/mol. The highest BCUT2D eigenvalue weighted by molar-refractivity contribution is 5.67. The maximum atomic E-state index is 12.5. The van der Waals surface area contributed by atoms with Gasteiger partial charge >= 0.3 is 12.1 Å². The summed E-state index contributed by atoms with van der Waals surface area (Å²) in [6.07, 6.45) is -4.44. The van der Waals surface area contributed by atoms with Gasteiger partial charge in [-0.25, -0.2) is 0 Å². The minimum Gasteiger partial charge on any atom is -0.493 e. The van der Waals surface area contributed by atoms with E-state index < -0.39 is 17.7 Å². The number of carboxylic acids is 1. The highest BCUT2D eigenvalue weighted by atomic mass is 19.4. The van der Waals surface area contributed by atoms with E-state index in [-0.39, 0.29) is 13.0 Å². The average Bonchev–Trinajstić information content (AvgIpc) is 2.47. The highest BCUT2D eigenvalue weighted by Gasteiger charge is 2.29. The Hall–Kier alpha value is -2.50. The van der Waals surface area contributed by atoms with Crippen molar-refractivity contribution >= 4 is 5.97 Å². The van der Waals surface area contributed by atoms with Crippen LogP contribution in [0, 0.1) is 0 Å². The molecule has 2 aromatic carbocycles. The Bertz CT molecular complexity index is 631. The van der Waals surface area contributed by atoms with Crippen molar-refractivity contribution in [1.29, 1.82) is 0 Å². The maximum Gasteiger partial charge on any atom is 0.416 e. The molecular formula is C16H13F3O3. The van der Waals surface area contributed by atoms with Crippen LogP contribution in [-0.4, -0.2) is 17.7 Å². The molecule has 2 rings (SSSR count). The van der Waals surface area contributed by atoms with Crippen molar-refractivity contribution in [3.63, 3.8) is 0 Å². The number of hydrogen-bond donors (Lipinski definition) is 1. The zero-order chi connectivity index (χ0) is 16.2. The summed E-state index contributed by atoms with van der Waals surface area (Å²) in [5.41, 5.74) is 0.717. The number of carboxylic acid groups (broad SMARTS) is 1. The molecule has 0 saturated heterocycles. The topological polar surface area (TPSA) is 46.5 Å². The van der Waals surface area contributed by atoms with Crippen LogP contribution < -0.4 is 4.74 Å². The Labute approximate surface area is 125 Å². The van der Waals surface area contributed by atoms with Crippen molar-refractivity contribution in [2.45, 2.75) is 12.6 Å². The van der Waals surface area contributed by atoms with Crippen molar-refractivity contribution in [1.82, 2.24) is 0 Å². The molecule has 0 aliphatic rings. The van der Waals surface area contributed by atoms with Gasteiger partial charge in [-0.15, -0.1) is 0 Å². The largest absolute Gasteiger partial charge is 0.493 e. The molecule has 0 heterocycles. The first-order chi connectivity index (χ1) is 10.4. The lowest BCUT2D eigenvalue weighted by atomic mass is 10.0. The standard InChI is InChI=1S/C16H13F3O3/c17-16(18,19)13-5-1-11(2-6-13)12-3-7-14(8-4-12)22-10-9-15(20)21/h1-8H,9-10H2,(H,20,21). The number of alkyl halides is 3. The van der Waals surface area contributed by atoms with E-state index >= 15 is 0 Å². The zero-order valence-corrected chi connectivity index (χ0v) is 11.4. The summed E-state index contributed by atoms with van der Waals surface area (Å²) in [5.74, 6) is -0.432.